The Hall–Kier alpha value is -0.120. The molecule has 0 aromatic carbocycles. The van der Waals surface area contributed by atoms with Crippen LogP contribution in [0.2, 0.25) is 0 Å². The summed E-state index contributed by atoms with van der Waals surface area (Å²) in [6.07, 6.45) is 8.84. The van der Waals surface area contributed by atoms with Crippen LogP contribution in [0.1, 0.15) is 58.8 Å². The van der Waals surface area contributed by atoms with Crippen LogP contribution in [0.3, 0.4) is 0 Å². The molecular formula is C15H30N2O. The number of ether oxygens (including phenoxy) is 1. The van der Waals surface area contributed by atoms with Crippen molar-refractivity contribution in [3.05, 3.63) is 0 Å². The predicted octanol–water partition coefficient (Wildman–Crippen LogP) is 2.54. The fraction of sp³-hybridized carbons (Fsp3) is 1.00. The van der Waals surface area contributed by atoms with Crippen LogP contribution in [0, 0.1) is 0 Å². The molecule has 1 unspecified atom stereocenters. The highest BCUT2D eigenvalue weighted by atomic mass is 16.5. The second-order valence-electron chi connectivity index (χ2n) is 6.36. The predicted molar refractivity (Wildman–Crippen MR) is 75.7 cm³/mol. The van der Waals surface area contributed by atoms with Crippen molar-refractivity contribution in [3.8, 4) is 0 Å². The average Bonchev–Trinajstić information content (AvgIpc) is 2.77. The first-order valence-electron chi connectivity index (χ1n) is 7.77. The summed E-state index contributed by atoms with van der Waals surface area (Å²) in [5.41, 5.74) is 5.91. The highest BCUT2D eigenvalue weighted by Crippen LogP contribution is 2.41. The summed E-state index contributed by atoms with van der Waals surface area (Å²) in [6, 6.07) is 1.33. The summed E-state index contributed by atoms with van der Waals surface area (Å²) in [7, 11) is 0. The Labute approximate surface area is 112 Å². The molecule has 2 rings (SSSR count). The molecular weight excluding hydrogens is 224 g/mol. The minimum Gasteiger partial charge on any atom is -0.375 e. The zero-order valence-electron chi connectivity index (χ0n) is 12.2. The van der Waals surface area contributed by atoms with Gasteiger partial charge >= 0.3 is 0 Å². The van der Waals surface area contributed by atoms with Crippen LogP contribution >= 0.6 is 0 Å². The minimum absolute atomic E-state index is 0.235. The van der Waals surface area contributed by atoms with Gasteiger partial charge in [0.15, 0.2) is 0 Å². The van der Waals surface area contributed by atoms with Gasteiger partial charge in [-0.3, -0.25) is 4.90 Å². The first-order valence-corrected chi connectivity index (χ1v) is 7.77. The average molecular weight is 254 g/mol. The van der Waals surface area contributed by atoms with Crippen molar-refractivity contribution in [2.45, 2.75) is 76.5 Å². The normalized spacial score (nSPS) is 27.5. The van der Waals surface area contributed by atoms with Gasteiger partial charge in [-0.1, -0.05) is 12.8 Å². The Morgan fingerprint density at radius 2 is 2.06 bits per heavy atom. The highest BCUT2D eigenvalue weighted by molar-refractivity contribution is 4.94. The highest BCUT2D eigenvalue weighted by Gasteiger charge is 2.41. The van der Waals surface area contributed by atoms with Gasteiger partial charge in [-0.05, 0) is 59.0 Å². The van der Waals surface area contributed by atoms with Gasteiger partial charge < -0.3 is 10.5 Å². The third-order valence-electron chi connectivity index (χ3n) is 4.73. The number of hydrogen-bond donors (Lipinski definition) is 1. The smallest absolute Gasteiger partial charge is 0.0697 e. The molecule has 1 saturated heterocycles. The van der Waals surface area contributed by atoms with Gasteiger partial charge in [0.1, 0.15) is 0 Å². The molecule has 0 bridgehead atoms. The van der Waals surface area contributed by atoms with Crippen molar-refractivity contribution in [3.63, 3.8) is 0 Å². The van der Waals surface area contributed by atoms with Crippen LogP contribution in [0.15, 0.2) is 0 Å². The molecule has 2 fully saturated rings. The molecule has 0 amide bonds. The molecule has 1 aliphatic heterocycles. The van der Waals surface area contributed by atoms with Crippen molar-refractivity contribution in [2.24, 2.45) is 5.73 Å². The molecule has 1 heterocycles. The van der Waals surface area contributed by atoms with E-state index in [4.69, 9.17) is 10.5 Å². The third-order valence-corrected chi connectivity index (χ3v) is 4.73. The third kappa shape index (κ3) is 3.25. The molecule has 0 radical (unpaired) electrons. The van der Waals surface area contributed by atoms with E-state index in [1.54, 1.807) is 0 Å². The molecule has 1 saturated carbocycles. The summed E-state index contributed by atoms with van der Waals surface area (Å²) >= 11 is 0. The fourth-order valence-electron chi connectivity index (χ4n) is 3.79. The molecule has 3 heteroatoms. The van der Waals surface area contributed by atoms with E-state index in [0.717, 1.165) is 26.1 Å². The Morgan fingerprint density at radius 1 is 1.33 bits per heavy atom. The Bertz CT molecular complexity index is 249. The molecule has 2 aliphatic rings. The SMILES string of the molecule is CC(C)N(CCCN)C1CCOC2(CCCC2)C1. The molecule has 0 aromatic heterocycles. The van der Waals surface area contributed by atoms with Crippen molar-refractivity contribution in [1.82, 2.24) is 4.90 Å². The van der Waals surface area contributed by atoms with E-state index in [9.17, 15) is 0 Å². The van der Waals surface area contributed by atoms with Gasteiger partial charge in [-0.25, -0.2) is 0 Å². The molecule has 18 heavy (non-hydrogen) atoms. The van der Waals surface area contributed by atoms with Gasteiger partial charge in [0.25, 0.3) is 0 Å². The molecule has 106 valence electrons. The summed E-state index contributed by atoms with van der Waals surface area (Å²) in [5.74, 6) is 0. The molecule has 0 aromatic rings. The lowest BCUT2D eigenvalue weighted by molar-refractivity contribution is -0.105. The summed E-state index contributed by atoms with van der Waals surface area (Å²) in [6.45, 7) is 7.53. The van der Waals surface area contributed by atoms with E-state index >= 15 is 0 Å². The van der Waals surface area contributed by atoms with Crippen molar-refractivity contribution >= 4 is 0 Å². The molecule has 2 N–H and O–H groups in total. The van der Waals surface area contributed by atoms with Gasteiger partial charge in [-0.15, -0.1) is 0 Å². The quantitative estimate of drug-likeness (QED) is 0.819. The summed E-state index contributed by atoms with van der Waals surface area (Å²) in [4.78, 5) is 2.66. The maximum atomic E-state index is 6.14. The van der Waals surface area contributed by atoms with E-state index in [1.807, 2.05) is 0 Å². The van der Waals surface area contributed by atoms with Crippen LogP contribution in [-0.4, -0.2) is 42.3 Å². The lowest BCUT2D eigenvalue weighted by Crippen LogP contribution is -2.50. The zero-order chi connectivity index (χ0) is 13.0. The summed E-state index contributed by atoms with van der Waals surface area (Å²) in [5, 5.41) is 0. The van der Waals surface area contributed by atoms with Crippen LogP contribution in [0.4, 0.5) is 0 Å². The minimum atomic E-state index is 0.235. The maximum Gasteiger partial charge on any atom is 0.0697 e. The second kappa shape index (κ2) is 6.36. The van der Waals surface area contributed by atoms with E-state index < -0.39 is 0 Å². The lowest BCUT2D eigenvalue weighted by atomic mass is 9.87. The zero-order valence-corrected chi connectivity index (χ0v) is 12.2. The Balaban J connectivity index is 1.96. The first-order chi connectivity index (χ1) is 8.67. The number of rotatable bonds is 5. The molecule has 1 spiro atoms. The largest absolute Gasteiger partial charge is 0.375 e. The van der Waals surface area contributed by atoms with Crippen molar-refractivity contribution < 1.29 is 4.74 Å². The summed E-state index contributed by atoms with van der Waals surface area (Å²) < 4.78 is 6.14. The maximum absolute atomic E-state index is 6.14. The van der Waals surface area contributed by atoms with Crippen LogP contribution < -0.4 is 5.73 Å². The number of nitrogens with zero attached hydrogens (tertiary/aromatic N) is 1. The van der Waals surface area contributed by atoms with E-state index in [1.165, 1.54) is 38.5 Å². The van der Waals surface area contributed by atoms with Crippen LogP contribution in [0.25, 0.3) is 0 Å². The monoisotopic (exact) mass is 254 g/mol. The lowest BCUT2D eigenvalue weighted by Gasteiger charge is -2.44. The number of hydrogen-bond acceptors (Lipinski definition) is 3. The van der Waals surface area contributed by atoms with Gasteiger partial charge in [-0.2, -0.15) is 0 Å². The second-order valence-corrected chi connectivity index (χ2v) is 6.36. The Morgan fingerprint density at radius 3 is 2.67 bits per heavy atom. The molecule has 3 nitrogen and oxygen atoms in total. The van der Waals surface area contributed by atoms with Crippen LogP contribution in [-0.2, 0) is 4.74 Å². The molecule has 1 aliphatic carbocycles. The van der Waals surface area contributed by atoms with E-state index in [-0.39, 0.29) is 5.60 Å². The first kappa shape index (κ1) is 14.3. The fourth-order valence-corrected chi connectivity index (χ4v) is 3.79. The van der Waals surface area contributed by atoms with Gasteiger partial charge in [0.05, 0.1) is 5.60 Å². The van der Waals surface area contributed by atoms with Gasteiger partial charge in [0, 0.05) is 18.7 Å². The number of nitrogens with two attached hydrogens (primary N) is 1. The topological polar surface area (TPSA) is 38.5 Å². The van der Waals surface area contributed by atoms with Crippen LogP contribution in [0.5, 0.6) is 0 Å². The standard InChI is InChI=1S/C15H30N2O/c1-13(2)17(10-5-9-16)14-6-11-18-15(12-14)7-3-4-8-15/h13-14H,3-12,16H2,1-2H3. The van der Waals surface area contributed by atoms with Crippen molar-refractivity contribution in [1.29, 1.82) is 0 Å². The Kier molecular flexibility index (Phi) is 5.05. The van der Waals surface area contributed by atoms with E-state index in [2.05, 4.69) is 18.7 Å². The molecule has 1 atom stereocenters. The van der Waals surface area contributed by atoms with Gasteiger partial charge in [0.2, 0.25) is 0 Å². The van der Waals surface area contributed by atoms with E-state index in [0.29, 0.717) is 12.1 Å². The van der Waals surface area contributed by atoms with Crippen molar-refractivity contribution in [2.75, 3.05) is 19.7 Å².